The Morgan fingerprint density at radius 3 is 2.45 bits per heavy atom. The van der Waals surface area contributed by atoms with Gasteiger partial charge in [-0.05, 0) is 70.5 Å². The number of unbranched alkanes of at least 4 members (excludes halogenated alkanes) is 1. The van der Waals surface area contributed by atoms with E-state index in [-0.39, 0.29) is 0 Å². The van der Waals surface area contributed by atoms with Crippen molar-refractivity contribution in [1.29, 1.82) is 0 Å². The zero-order valence-corrected chi connectivity index (χ0v) is 13.5. The van der Waals surface area contributed by atoms with E-state index in [4.69, 9.17) is 4.74 Å². The maximum absolute atomic E-state index is 5.35. The van der Waals surface area contributed by atoms with Gasteiger partial charge in [0.05, 0.1) is 0 Å². The van der Waals surface area contributed by atoms with Crippen LogP contribution >= 0.6 is 0 Å². The quantitative estimate of drug-likeness (QED) is 0.658. The second-order valence-corrected chi connectivity index (χ2v) is 6.70. The predicted molar refractivity (Wildman–Crippen MR) is 85.2 cm³/mol. The predicted octanol–water partition coefficient (Wildman–Crippen LogP) is 3.05. The first-order chi connectivity index (χ1) is 9.85. The summed E-state index contributed by atoms with van der Waals surface area (Å²) >= 11 is 0. The van der Waals surface area contributed by atoms with Crippen molar-refractivity contribution in [3.05, 3.63) is 0 Å². The Morgan fingerprint density at radius 2 is 1.75 bits per heavy atom. The Labute approximate surface area is 125 Å². The van der Waals surface area contributed by atoms with E-state index >= 15 is 0 Å². The minimum Gasteiger partial charge on any atom is -0.382 e. The molecule has 0 atom stereocenters. The topological polar surface area (TPSA) is 24.5 Å². The molecule has 20 heavy (non-hydrogen) atoms. The van der Waals surface area contributed by atoms with Crippen molar-refractivity contribution in [1.82, 2.24) is 10.2 Å². The summed E-state index contributed by atoms with van der Waals surface area (Å²) in [5.74, 6) is 0. The number of piperidine rings is 1. The van der Waals surface area contributed by atoms with Crippen LogP contribution in [0.15, 0.2) is 0 Å². The van der Waals surface area contributed by atoms with Gasteiger partial charge in [0.25, 0.3) is 0 Å². The number of hydrogen-bond acceptors (Lipinski definition) is 3. The van der Waals surface area contributed by atoms with Gasteiger partial charge in [0.15, 0.2) is 0 Å². The van der Waals surface area contributed by atoms with Gasteiger partial charge in [-0.25, -0.2) is 0 Å². The highest BCUT2D eigenvalue weighted by molar-refractivity contribution is 4.89. The van der Waals surface area contributed by atoms with Crippen LogP contribution in [0.3, 0.4) is 0 Å². The summed E-state index contributed by atoms with van der Waals surface area (Å²) in [6.07, 6.45) is 11.4. The van der Waals surface area contributed by atoms with Gasteiger partial charge < -0.3 is 15.0 Å². The van der Waals surface area contributed by atoms with E-state index in [9.17, 15) is 0 Å². The van der Waals surface area contributed by atoms with Gasteiger partial charge in [0.1, 0.15) is 0 Å². The highest BCUT2D eigenvalue weighted by atomic mass is 16.5. The van der Waals surface area contributed by atoms with Crippen molar-refractivity contribution < 1.29 is 4.74 Å². The van der Waals surface area contributed by atoms with E-state index in [1.54, 1.807) is 0 Å². The van der Waals surface area contributed by atoms with E-state index in [2.05, 4.69) is 17.1 Å². The fourth-order valence-electron chi connectivity index (χ4n) is 3.84. The summed E-state index contributed by atoms with van der Waals surface area (Å²) in [5.41, 5.74) is 0.767. The lowest BCUT2D eigenvalue weighted by atomic mass is 9.77. The van der Waals surface area contributed by atoms with Crippen LogP contribution in [0, 0.1) is 5.41 Å². The Balaban J connectivity index is 1.43. The molecule has 1 spiro atoms. The fourth-order valence-corrected chi connectivity index (χ4v) is 3.84. The monoisotopic (exact) mass is 282 g/mol. The van der Waals surface area contributed by atoms with Crippen LogP contribution in [0.5, 0.6) is 0 Å². The van der Waals surface area contributed by atoms with Gasteiger partial charge >= 0.3 is 0 Å². The standard InChI is InChI=1S/C17H34N2O/c1-2-20-16-6-5-11-18-12-15-19-13-9-17(10-14-19)7-3-4-8-17/h18H,2-16H2,1H3. The summed E-state index contributed by atoms with van der Waals surface area (Å²) in [6.45, 7) is 10.1. The Kier molecular flexibility index (Phi) is 7.32. The zero-order valence-electron chi connectivity index (χ0n) is 13.5. The van der Waals surface area contributed by atoms with Gasteiger partial charge in [0, 0.05) is 26.3 Å². The molecule has 0 aromatic rings. The molecule has 2 rings (SSSR count). The molecular weight excluding hydrogens is 248 g/mol. The lowest BCUT2D eigenvalue weighted by Gasteiger charge is -2.39. The Morgan fingerprint density at radius 1 is 1.00 bits per heavy atom. The van der Waals surface area contributed by atoms with Crippen molar-refractivity contribution >= 4 is 0 Å². The maximum Gasteiger partial charge on any atom is 0.0466 e. The molecule has 1 aliphatic heterocycles. The summed E-state index contributed by atoms with van der Waals surface area (Å²) in [7, 11) is 0. The molecule has 0 aromatic carbocycles. The van der Waals surface area contributed by atoms with Gasteiger partial charge in [0.2, 0.25) is 0 Å². The van der Waals surface area contributed by atoms with Crippen LogP contribution in [0.4, 0.5) is 0 Å². The SMILES string of the molecule is CCOCCCCNCCN1CCC2(CCCC2)CC1. The molecular formula is C17H34N2O. The first kappa shape index (κ1) is 16.3. The lowest BCUT2D eigenvalue weighted by molar-refractivity contribution is 0.109. The largest absolute Gasteiger partial charge is 0.382 e. The molecule has 0 unspecified atom stereocenters. The minimum absolute atomic E-state index is 0.767. The number of likely N-dealkylation sites (tertiary alicyclic amines) is 1. The highest BCUT2D eigenvalue weighted by Gasteiger charge is 2.36. The third kappa shape index (κ3) is 5.34. The number of nitrogens with one attached hydrogen (secondary N) is 1. The second-order valence-electron chi connectivity index (χ2n) is 6.70. The first-order valence-electron chi connectivity index (χ1n) is 8.85. The summed E-state index contributed by atoms with van der Waals surface area (Å²) in [6, 6.07) is 0. The number of ether oxygens (including phenoxy) is 1. The third-order valence-electron chi connectivity index (χ3n) is 5.28. The molecule has 1 N–H and O–H groups in total. The fraction of sp³-hybridized carbons (Fsp3) is 1.00. The normalized spacial score (nSPS) is 22.6. The van der Waals surface area contributed by atoms with E-state index < -0.39 is 0 Å². The van der Waals surface area contributed by atoms with Gasteiger partial charge in [-0.3, -0.25) is 0 Å². The van der Waals surface area contributed by atoms with Crippen molar-refractivity contribution in [3.63, 3.8) is 0 Å². The highest BCUT2D eigenvalue weighted by Crippen LogP contribution is 2.45. The molecule has 1 aliphatic carbocycles. The molecule has 2 fully saturated rings. The van der Waals surface area contributed by atoms with Crippen LogP contribution in [0.2, 0.25) is 0 Å². The van der Waals surface area contributed by atoms with E-state index in [1.165, 1.54) is 71.0 Å². The van der Waals surface area contributed by atoms with Crippen LogP contribution in [-0.4, -0.2) is 50.8 Å². The summed E-state index contributed by atoms with van der Waals surface area (Å²) in [4.78, 5) is 2.66. The van der Waals surface area contributed by atoms with Gasteiger partial charge in [-0.15, -0.1) is 0 Å². The molecule has 0 radical (unpaired) electrons. The van der Waals surface area contributed by atoms with Crippen LogP contribution in [-0.2, 0) is 4.74 Å². The van der Waals surface area contributed by atoms with E-state index in [0.717, 1.165) is 31.7 Å². The van der Waals surface area contributed by atoms with Crippen molar-refractivity contribution in [3.8, 4) is 0 Å². The number of rotatable bonds is 9. The van der Waals surface area contributed by atoms with E-state index in [1.807, 2.05) is 0 Å². The molecule has 118 valence electrons. The van der Waals surface area contributed by atoms with Crippen LogP contribution in [0.1, 0.15) is 58.3 Å². The average molecular weight is 282 g/mol. The zero-order chi connectivity index (χ0) is 14.1. The molecule has 2 aliphatic rings. The molecule has 0 amide bonds. The molecule has 0 bridgehead atoms. The van der Waals surface area contributed by atoms with Crippen molar-refractivity contribution in [2.24, 2.45) is 5.41 Å². The number of nitrogens with zero attached hydrogens (tertiary/aromatic N) is 1. The minimum atomic E-state index is 0.767. The van der Waals surface area contributed by atoms with Gasteiger partial charge in [-0.1, -0.05) is 12.8 Å². The Hall–Kier alpha value is -0.120. The maximum atomic E-state index is 5.35. The molecule has 1 saturated heterocycles. The Bertz CT molecular complexity index is 241. The molecule has 1 saturated carbocycles. The van der Waals surface area contributed by atoms with Crippen LogP contribution in [0.25, 0.3) is 0 Å². The average Bonchev–Trinajstić information content (AvgIpc) is 2.92. The summed E-state index contributed by atoms with van der Waals surface area (Å²) in [5, 5.41) is 3.57. The van der Waals surface area contributed by atoms with Crippen molar-refractivity contribution in [2.45, 2.75) is 58.3 Å². The molecule has 3 heteroatoms. The third-order valence-corrected chi connectivity index (χ3v) is 5.28. The van der Waals surface area contributed by atoms with Crippen molar-refractivity contribution in [2.75, 3.05) is 45.9 Å². The number of hydrogen-bond donors (Lipinski definition) is 1. The first-order valence-corrected chi connectivity index (χ1v) is 8.85. The van der Waals surface area contributed by atoms with Gasteiger partial charge in [-0.2, -0.15) is 0 Å². The lowest BCUT2D eigenvalue weighted by Crippen LogP contribution is -2.41. The second kappa shape index (κ2) is 9.01. The van der Waals surface area contributed by atoms with E-state index in [0.29, 0.717) is 0 Å². The molecule has 3 nitrogen and oxygen atoms in total. The smallest absolute Gasteiger partial charge is 0.0466 e. The van der Waals surface area contributed by atoms with Crippen LogP contribution < -0.4 is 5.32 Å². The molecule has 0 aromatic heterocycles. The summed E-state index contributed by atoms with van der Waals surface area (Å²) < 4.78 is 5.35. The molecule has 1 heterocycles.